The Hall–Kier alpha value is -3.45. The number of aliphatic hydroxyl groups excluding tert-OH is 1. The Bertz CT molecular complexity index is 1140. The van der Waals surface area contributed by atoms with Crippen molar-refractivity contribution in [2.45, 2.75) is 38.8 Å². The zero-order valence-electron chi connectivity index (χ0n) is 21.4. The van der Waals surface area contributed by atoms with Gasteiger partial charge in [0.25, 0.3) is 0 Å². The van der Waals surface area contributed by atoms with Gasteiger partial charge in [-0.05, 0) is 67.9 Å². The van der Waals surface area contributed by atoms with Gasteiger partial charge in [0.15, 0.2) is 0 Å². The minimum atomic E-state index is -0.544. The van der Waals surface area contributed by atoms with Crippen LogP contribution in [0.2, 0.25) is 0 Å². The summed E-state index contributed by atoms with van der Waals surface area (Å²) in [5, 5.41) is 11.3. The van der Waals surface area contributed by atoms with Crippen molar-refractivity contribution in [2.75, 3.05) is 44.4 Å². The average Bonchev–Trinajstić information content (AvgIpc) is 2.87. The molecular formula is C29H36N2O5. The summed E-state index contributed by atoms with van der Waals surface area (Å²) in [7, 11) is 0. The normalized spacial score (nSPS) is 16.2. The second-order valence-corrected chi connectivity index (χ2v) is 10.0. The van der Waals surface area contributed by atoms with Gasteiger partial charge >= 0.3 is 6.09 Å². The third kappa shape index (κ3) is 6.82. The maximum atomic E-state index is 12.8. The molecule has 1 unspecified atom stereocenters. The van der Waals surface area contributed by atoms with Crippen LogP contribution in [0.3, 0.4) is 0 Å². The largest absolute Gasteiger partial charge is 0.494 e. The Balaban J connectivity index is 1.49. The molecule has 1 atom stereocenters. The zero-order valence-corrected chi connectivity index (χ0v) is 21.4. The van der Waals surface area contributed by atoms with E-state index in [0.29, 0.717) is 39.3 Å². The minimum Gasteiger partial charge on any atom is -0.494 e. The second kappa shape index (κ2) is 11.5. The number of anilines is 1. The molecule has 0 aromatic heterocycles. The summed E-state index contributed by atoms with van der Waals surface area (Å²) in [5.41, 5.74) is 0.498. The van der Waals surface area contributed by atoms with Crippen LogP contribution in [0, 0.1) is 0 Å². The molecule has 192 valence electrons. The van der Waals surface area contributed by atoms with Crippen molar-refractivity contribution in [3.05, 3.63) is 66.7 Å². The number of aliphatic hydroxyl groups is 1. The van der Waals surface area contributed by atoms with Crippen LogP contribution in [0.1, 0.15) is 27.2 Å². The first-order valence-electron chi connectivity index (χ1n) is 12.5. The summed E-state index contributed by atoms with van der Waals surface area (Å²) < 4.78 is 17.6. The number of hydrogen-bond donors (Lipinski definition) is 1. The summed E-state index contributed by atoms with van der Waals surface area (Å²) in [6.07, 6.45) is 0.299. The summed E-state index contributed by atoms with van der Waals surface area (Å²) in [6.45, 7) is 8.38. The third-order valence-corrected chi connectivity index (χ3v) is 6.04. The van der Waals surface area contributed by atoms with Gasteiger partial charge in [-0.2, -0.15) is 0 Å². The molecule has 7 nitrogen and oxygen atoms in total. The molecule has 0 aliphatic carbocycles. The summed E-state index contributed by atoms with van der Waals surface area (Å²) in [5.74, 6) is 1.57. The molecule has 1 fully saturated rings. The van der Waals surface area contributed by atoms with Crippen LogP contribution in [0.5, 0.6) is 11.5 Å². The van der Waals surface area contributed by atoms with E-state index in [0.717, 1.165) is 22.6 Å². The molecule has 3 aromatic rings. The molecule has 1 amide bonds. The van der Waals surface area contributed by atoms with Gasteiger partial charge in [-0.25, -0.2) is 4.79 Å². The van der Waals surface area contributed by atoms with E-state index >= 15 is 0 Å². The maximum absolute atomic E-state index is 12.8. The van der Waals surface area contributed by atoms with Crippen LogP contribution < -0.4 is 14.4 Å². The maximum Gasteiger partial charge on any atom is 0.410 e. The molecular weight excluding hydrogens is 456 g/mol. The lowest BCUT2D eigenvalue weighted by Crippen LogP contribution is -2.57. The molecule has 1 saturated heterocycles. The highest BCUT2D eigenvalue weighted by Crippen LogP contribution is 2.26. The van der Waals surface area contributed by atoms with Crippen molar-refractivity contribution in [3.8, 4) is 11.5 Å². The molecule has 0 radical (unpaired) electrons. The van der Waals surface area contributed by atoms with Gasteiger partial charge in [-0.1, -0.05) is 30.3 Å². The van der Waals surface area contributed by atoms with Crippen molar-refractivity contribution < 1.29 is 24.1 Å². The molecule has 0 spiro atoms. The second-order valence-electron chi connectivity index (χ2n) is 10.0. The number of carbonyl (C=O) groups is 1. The minimum absolute atomic E-state index is 0.0566. The highest BCUT2D eigenvalue weighted by molar-refractivity contribution is 5.83. The molecule has 36 heavy (non-hydrogen) atoms. The van der Waals surface area contributed by atoms with E-state index in [1.54, 1.807) is 4.90 Å². The van der Waals surface area contributed by atoms with E-state index < -0.39 is 5.60 Å². The Morgan fingerprint density at radius 1 is 0.944 bits per heavy atom. The van der Waals surface area contributed by atoms with Crippen LogP contribution in [-0.4, -0.2) is 67.2 Å². The number of ether oxygens (including phenoxy) is 3. The molecule has 3 aromatic carbocycles. The molecule has 0 saturated carbocycles. The Kier molecular flexibility index (Phi) is 8.21. The van der Waals surface area contributed by atoms with E-state index in [2.05, 4.69) is 23.1 Å². The standard InChI is InChI=1S/C29H36N2O5/c1-29(2,3)36-28(33)30-15-16-31(24-10-13-26(14-11-24)34-18-6-17-32)25(20-30)21-35-27-12-9-22-7-4-5-8-23(22)19-27/h4-5,7-14,19,25,32H,6,15-18,20-21H2,1-3H3. The Labute approximate surface area is 213 Å². The van der Waals surface area contributed by atoms with Gasteiger partial charge in [0.05, 0.1) is 12.6 Å². The van der Waals surface area contributed by atoms with Gasteiger partial charge in [0, 0.05) is 38.3 Å². The molecule has 1 heterocycles. The average molecular weight is 493 g/mol. The van der Waals surface area contributed by atoms with E-state index in [4.69, 9.17) is 19.3 Å². The van der Waals surface area contributed by atoms with E-state index in [1.165, 1.54) is 5.39 Å². The van der Waals surface area contributed by atoms with Gasteiger partial charge in [-0.15, -0.1) is 0 Å². The number of rotatable bonds is 8. The lowest BCUT2D eigenvalue weighted by Gasteiger charge is -2.42. The number of fused-ring (bicyclic) bond motifs is 1. The summed E-state index contributed by atoms with van der Waals surface area (Å²) in [6, 6.07) is 22.2. The van der Waals surface area contributed by atoms with Gasteiger partial charge in [0.2, 0.25) is 0 Å². The monoisotopic (exact) mass is 492 g/mol. The lowest BCUT2D eigenvalue weighted by atomic mass is 10.1. The highest BCUT2D eigenvalue weighted by Gasteiger charge is 2.32. The SMILES string of the molecule is CC(C)(C)OC(=O)N1CCN(c2ccc(OCCCO)cc2)C(COc2ccc3ccccc3c2)C1. The molecule has 1 aliphatic rings. The number of nitrogens with zero attached hydrogens (tertiary/aromatic N) is 2. The smallest absolute Gasteiger partial charge is 0.410 e. The zero-order chi connectivity index (χ0) is 25.5. The number of benzene rings is 3. The number of carbonyl (C=O) groups excluding carboxylic acids is 1. The quantitative estimate of drug-likeness (QED) is 0.441. The molecule has 1 N–H and O–H groups in total. The fourth-order valence-corrected chi connectivity index (χ4v) is 4.27. The molecule has 0 bridgehead atoms. The number of amides is 1. The fraction of sp³-hybridized carbons (Fsp3) is 0.414. The van der Waals surface area contributed by atoms with Gasteiger partial charge < -0.3 is 29.1 Å². The molecule has 1 aliphatic heterocycles. The van der Waals surface area contributed by atoms with Crippen LogP contribution in [-0.2, 0) is 4.74 Å². The van der Waals surface area contributed by atoms with Gasteiger partial charge in [-0.3, -0.25) is 0 Å². The molecule has 4 rings (SSSR count). The van der Waals surface area contributed by atoms with Gasteiger partial charge in [0.1, 0.15) is 23.7 Å². The van der Waals surface area contributed by atoms with Crippen molar-refractivity contribution in [1.29, 1.82) is 0 Å². The topological polar surface area (TPSA) is 71.5 Å². The Morgan fingerprint density at radius 2 is 1.67 bits per heavy atom. The first-order valence-corrected chi connectivity index (χ1v) is 12.5. The van der Waals surface area contributed by atoms with E-state index in [-0.39, 0.29) is 18.7 Å². The number of hydrogen-bond acceptors (Lipinski definition) is 6. The lowest BCUT2D eigenvalue weighted by molar-refractivity contribution is 0.0201. The highest BCUT2D eigenvalue weighted by atomic mass is 16.6. The van der Waals surface area contributed by atoms with Crippen LogP contribution >= 0.6 is 0 Å². The predicted molar refractivity (Wildman–Crippen MR) is 142 cm³/mol. The summed E-state index contributed by atoms with van der Waals surface area (Å²) in [4.78, 5) is 16.8. The van der Waals surface area contributed by atoms with Crippen LogP contribution in [0.15, 0.2) is 66.7 Å². The molecule has 7 heteroatoms. The number of piperazine rings is 1. The van der Waals surface area contributed by atoms with Crippen LogP contribution in [0.4, 0.5) is 10.5 Å². The van der Waals surface area contributed by atoms with Crippen molar-refractivity contribution in [3.63, 3.8) is 0 Å². The van der Waals surface area contributed by atoms with Crippen molar-refractivity contribution in [1.82, 2.24) is 4.90 Å². The summed E-state index contributed by atoms with van der Waals surface area (Å²) >= 11 is 0. The van der Waals surface area contributed by atoms with Crippen molar-refractivity contribution in [2.24, 2.45) is 0 Å². The first-order chi connectivity index (χ1) is 17.3. The Morgan fingerprint density at radius 3 is 2.39 bits per heavy atom. The first kappa shape index (κ1) is 25.6. The van der Waals surface area contributed by atoms with Crippen LogP contribution in [0.25, 0.3) is 10.8 Å². The van der Waals surface area contributed by atoms with E-state index in [1.807, 2.05) is 69.3 Å². The van der Waals surface area contributed by atoms with Crippen molar-refractivity contribution >= 4 is 22.6 Å². The predicted octanol–water partition coefficient (Wildman–Crippen LogP) is 5.11. The fourth-order valence-electron chi connectivity index (χ4n) is 4.27. The van der Waals surface area contributed by atoms with E-state index in [9.17, 15) is 4.79 Å². The third-order valence-electron chi connectivity index (χ3n) is 6.04.